The highest BCUT2D eigenvalue weighted by atomic mass is 15.1. The van der Waals surface area contributed by atoms with Gasteiger partial charge in [-0.25, -0.2) is 4.98 Å². The highest BCUT2D eigenvalue weighted by molar-refractivity contribution is 5.88. The highest BCUT2D eigenvalue weighted by Crippen LogP contribution is 2.35. The van der Waals surface area contributed by atoms with Gasteiger partial charge in [0.15, 0.2) is 0 Å². The maximum Gasteiger partial charge on any atom is 0.132 e. The van der Waals surface area contributed by atoms with Crippen LogP contribution in [0.1, 0.15) is 30.0 Å². The fourth-order valence-corrected chi connectivity index (χ4v) is 4.18. The van der Waals surface area contributed by atoms with Crippen LogP contribution in [0, 0.1) is 6.92 Å². The van der Waals surface area contributed by atoms with Gasteiger partial charge in [0.05, 0.1) is 11.9 Å². The number of nitrogens with one attached hydrogen (secondary N) is 2. The Morgan fingerprint density at radius 2 is 1.79 bits per heavy atom. The normalized spacial score (nSPS) is 15.1. The van der Waals surface area contributed by atoms with Gasteiger partial charge in [-0.2, -0.15) is 5.10 Å². The smallest absolute Gasteiger partial charge is 0.132 e. The van der Waals surface area contributed by atoms with Crippen molar-refractivity contribution in [3.8, 4) is 22.4 Å². The van der Waals surface area contributed by atoms with Crippen LogP contribution >= 0.6 is 0 Å². The first-order valence-electron chi connectivity index (χ1n) is 10.1. The predicted octanol–water partition coefficient (Wildman–Crippen LogP) is 4.04. The number of hydrogen-bond acceptors (Lipinski definition) is 5. The van der Waals surface area contributed by atoms with Crippen molar-refractivity contribution in [1.29, 1.82) is 0 Å². The van der Waals surface area contributed by atoms with Gasteiger partial charge in [0.25, 0.3) is 0 Å². The lowest BCUT2D eigenvalue weighted by Crippen LogP contribution is -2.27. The van der Waals surface area contributed by atoms with E-state index in [1.165, 1.54) is 11.3 Å². The second kappa shape index (κ2) is 7.29. The van der Waals surface area contributed by atoms with Crippen molar-refractivity contribution in [1.82, 2.24) is 25.5 Å². The molecule has 0 bridgehead atoms. The Morgan fingerprint density at radius 3 is 2.66 bits per heavy atom. The zero-order valence-electron chi connectivity index (χ0n) is 16.4. The summed E-state index contributed by atoms with van der Waals surface area (Å²) in [5.41, 5.74) is 12.5. The number of nitrogen functional groups attached to an aromatic ring is 1. The van der Waals surface area contributed by atoms with Crippen LogP contribution in [-0.2, 0) is 0 Å². The first-order chi connectivity index (χ1) is 14.2. The third-order valence-corrected chi connectivity index (χ3v) is 5.80. The minimum absolute atomic E-state index is 0.483. The second-order valence-electron chi connectivity index (χ2n) is 7.80. The molecule has 0 atom stereocenters. The molecule has 1 aliphatic heterocycles. The summed E-state index contributed by atoms with van der Waals surface area (Å²) in [4.78, 5) is 9.13. The minimum Gasteiger partial charge on any atom is -0.383 e. The largest absolute Gasteiger partial charge is 0.383 e. The number of nitrogens with zero attached hydrogens (tertiary/aromatic N) is 3. The van der Waals surface area contributed by atoms with Crippen molar-refractivity contribution in [2.24, 2.45) is 0 Å². The van der Waals surface area contributed by atoms with E-state index in [0.717, 1.165) is 59.1 Å². The van der Waals surface area contributed by atoms with Crippen LogP contribution < -0.4 is 11.1 Å². The molecule has 3 aromatic heterocycles. The molecule has 0 spiro atoms. The van der Waals surface area contributed by atoms with Crippen LogP contribution in [0.15, 0.2) is 48.9 Å². The van der Waals surface area contributed by atoms with E-state index in [0.29, 0.717) is 11.7 Å². The summed E-state index contributed by atoms with van der Waals surface area (Å²) in [6.07, 6.45) is 7.84. The number of nitrogens with two attached hydrogens (primary N) is 1. The standard InChI is InChI=1S/C23H24N6/c1-14-2-3-16-11-26-21(10-17(16)8-14)19-9-18(12-27-23(19)24)20-13-28-29-22(20)15-4-6-25-7-5-15/h2-3,8-13,15,25H,4-7H2,1H3,(H2,24,27)(H,28,29). The topological polar surface area (TPSA) is 92.5 Å². The number of piperidine rings is 1. The summed E-state index contributed by atoms with van der Waals surface area (Å²) < 4.78 is 0. The van der Waals surface area contributed by atoms with Gasteiger partial charge in [0, 0.05) is 46.1 Å². The zero-order valence-corrected chi connectivity index (χ0v) is 16.4. The second-order valence-corrected chi connectivity index (χ2v) is 7.80. The average Bonchev–Trinajstić information content (AvgIpc) is 3.24. The SMILES string of the molecule is Cc1ccc2cnc(-c3cc(-c4cn[nH]c4C4CCNCC4)cnc3N)cc2c1. The first-order valence-corrected chi connectivity index (χ1v) is 10.1. The third kappa shape index (κ3) is 3.36. The van der Waals surface area contributed by atoms with Crippen molar-refractivity contribution in [2.45, 2.75) is 25.7 Å². The van der Waals surface area contributed by atoms with Gasteiger partial charge in [0.2, 0.25) is 0 Å². The molecule has 1 fully saturated rings. The van der Waals surface area contributed by atoms with Crippen LogP contribution in [0.4, 0.5) is 5.82 Å². The Labute approximate surface area is 169 Å². The number of benzene rings is 1. The molecule has 0 aliphatic carbocycles. The van der Waals surface area contributed by atoms with E-state index in [9.17, 15) is 0 Å². The molecule has 6 heteroatoms. The van der Waals surface area contributed by atoms with E-state index >= 15 is 0 Å². The molecule has 1 saturated heterocycles. The molecule has 5 rings (SSSR count). The molecular weight excluding hydrogens is 360 g/mol. The fourth-order valence-electron chi connectivity index (χ4n) is 4.18. The van der Waals surface area contributed by atoms with Gasteiger partial charge in [-0.1, -0.05) is 23.8 Å². The number of pyridine rings is 2. The Hall–Kier alpha value is -3.25. The summed E-state index contributed by atoms with van der Waals surface area (Å²) in [5, 5.41) is 13.2. The van der Waals surface area contributed by atoms with Gasteiger partial charge >= 0.3 is 0 Å². The van der Waals surface area contributed by atoms with E-state index in [1.807, 2.05) is 18.6 Å². The van der Waals surface area contributed by atoms with Gasteiger partial charge in [-0.05, 0) is 50.4 Å². The predicted molar refractivity (Wildman–Crippen MR) is 117 cm³/mol. The zero-order chi connectivity index (χ0) is 19.8. The molecule has 4 aromatic rings. The minimum atomic E-state index is 0.483. The number of H-pyrrole nitrogens is 1. The van der Waals surface area contributed by atoms with Gasteiger partial charge < -0.3 is 11.1 Å². The van der Waals surface area contributed by atoms with Crippen LogP contribution in [0.3, 0.4) is 0 Å². The molecule has 0 radical (unpaired) electrons. The summed E-state index contributed by atoms with van der Waals surface area (Å²) in [6, 6.07) is 10.5. The number of rotatable bonds is 3. The van der Waals surface area contributed by atoms with Gasteiger partial charge in [0.1, 0.15) is 5.82 Å². The third-order valence-electron chi connectivity index (χ3n) is 5.80. The van der Waals surface area contributed by atoms with E-state index in [2.05, 4.69) is 62.7 Å². The molecule has 146 valence electrons. The Morgan fingerprint density at radius 1 is 0.931 bits per heavy atom. The molecule has 29 heavy (non-hydrogen) atoms. The lowest BCUT2D eigenvalue weighted by molar-refractivity contribution is 0.453. The van der Waals surface area contributed by atoms with Crippen molar-refractivity contribution in [3.05, 3.63) is 60.2 Å². The van der Waals surface area contributed by atoms with Crippen LogP contribution in [-0.4, -0.2) is 33.3 Å². The lowest BCUT2D eigenvalue weighted by Gasteiger charge is -2.22. The number of aromatic nitrogens is 4. The maximum atomic E-state index is 6.25. The van der Waals surface area contributed by atoms with Crippen LogP contribution in [0.25, 0.3) is 33.2 Å². The highest BCUT2D eigenvalue weighted by Gasteiger charge is 2.21. The Kier molecular flexibility index (Phi) is 4.48. The van der Waals surface area contributed by atoms with Crippen molar-refractivity contribution in [3.63, 3.8) is 0 Å². The van der Waals surface area contributed by atoms with E-state index in [4.69, 9.17) is 5.73 Å². The lowest BCUT2D eigenvalue weighted by atomic mass is 9.90. The first kappa shape index (κ1) is 17.8. The summed E-state index contributed by atoms with van der Waals surface area (Å²) in [6.45, 7) is 4.17. The monoisotopic (exact) mass is 384 g/mol. The molecule has 0 unspecified atom stereocenters. The Balaban J connectivity index is 1.57. The molecule has 1 aliphatic rings. The molecule has 1 aromatic carbocycles. The molecule has 4 heterocycles. The quantitative estimate of drug-likeness (QED) is 0.496. The molecule has 6 nitrogen and oxygen atoms in total. The van der Waals surface area contributed by atoms with Gasteiger partial charge in [-0.15, -0.1) is 0 Å². The van der Waals surface area contributed by atoms with Crippen LogP contribution in [0.5, 0.6) is 0 Å². The van der Waals surface area contributed by atoms with E-state index < -0.39 is 0 Å². The summed E-state index contributed by atoms with van der Waals surface area (Å²) >= 11 is 0. The van der Waals surface area contributed by atoms with Gasteiger partial charge in [-0.3, -0.25) is 10.1 Å². The number of anilines is 1. The maximum absolute atomic E-state index is 6.25. The van der Waals surface area contributed by atoms with E-state index in [1.54, 1.807) is 0 Å². The number of hydrogen-bond donors (Lipinski definition) is 3. The molecule has 4 N–H and O–H groups in total. The van der Waals surface area contributed by atoms with Crippen molar-refractivity contribution >= 4 is 16.6 Å². The van der Waals surface area contributed by atoms with Crippen molar-refractivity contribution in [2.75, 3.05) is 18.8 Å². The molecule has 0 saturated carbocycles. The number of aryl methyl sites for hydroxylation is 1. The number of fused-ring (bicyclic) bond motifs is 1. The molecule has 0 amide bonds. The fraction of sp³-hybridized carbons (Fsp3) is 0.261. The summed E-state index contributed by atoms with van der Waals surface area (Å²) in [7, 11) is 0. The Bertz CT molecular complexity index is 1170. The molecular formula is C23H24N6. The van der Waals surface area contributed by atoms with Crippen molar-refractivity contribution < 1.29 is 0 Å². The number of aromatic amines is 1. The average molecular weight is 384 g/mol. The summed E-state index contributed by atoms with van der Waals surface area (Å²) in [5.74, 6) is 0.969. The van der Waals surface area contributed by atoms with E-state index in [-0.39, 0.29) is 0 Å². The van der Waals surface area contributed by atoms with Crippen LogP contribution in [0.2, 0.25) is 0 Å².